The minimum atomic E-state index is -3.96. The third kappa shape index (κ3) is 6.14. The van der Waals surface area contributed by atoms with Gasteiger partial charge in [-0.3, -0.25) is 4.57 Å². The first-order valence-corrected chi connectivity index (χ1v) is 13.9. The van der Waals surface area contributed by atoms with E-state index < -0.39 is 10.0 Å². The molecule has 11 heteroatoms. The lowest BCUT2D eigenvalue weighted by Gasteiger charge is -2.20. The Balaban J connectivity index is 1.59. The highest BCUT2D eigenvalue weighted by Gasteiger charge is 2.23. The number of benzene rings is 2. The van der Waals surface area contributed by atoms with E-state index in [0.29, 0.717) is 28.3 Å². The van der Waals surface area contributed by atoms with Crippen LogP contribution in [0.25, 0.3) is 5.69 Å². The molecule has 1 aliphatic carbocycles. The topological polar surface area (TPSA) is 95.3 Å². The third-order valence-corrected chi connectivity index (χ3v) is 8.62. The number of aromatic nitrogens is 3. The highest BCUT2D eigenvalue weighted by Crippen LogP contribution is 2.31. The molecule has 0 amide bonds. The predicted molar refractivity (Wildman–Crippen MR) is 132 cm³/mol. The maximum atomic E-state index is 13.6. The van der Waals surface area contributed by atoms with Crippen molar-refractivity contribution in [1.82, 2.24) is 19.5 Å². The Kier molecular flexibility index (Phi) is 8.30. The molecule has 1 N–H and O–H groups in total. The van der Waals surface area contributed by atoms with Crippen molar-refractivity contribution in [3.63, 3.8) is 0 Å². The molecule has 3 aromatic rings. The van der Waals surface area contributed by atoms with Crippen molar-refractivity contribution in [3.05, 3.63) is 54.1 Å². The molecule has 0 saturated heterocycles. The lowest BCUT2D eigenvalue weighted by molar-refractivity contribution is 0.390. The zero-order valence-corrected chi connectivity index (χ0v) is 21.4. The standard InChI is InChI=1S/C24H29FN4O4S2/c1-32-20-12-13-21(33-2)22(14-20)35(30,31)26-15-23-27-28-24(34-16-17-6-4-3-5-7-17)29(23)19-10-8-18(25)9-11-19/h8-14,17,26H,3-7,15-16H2,1-2H3. The van der Waals surface area contributed by atoms with Crippen molar-refractivity contribution in [3.8, 4) is 17.2 Å². The number of hydrogen-bond donors (Lipinski definition) is 1. The zero-order chi connectivity index (χ0) is 24.8. The smallest absolute Gasteiger partial charge is 0.244 e. The zero-order valence-electron chi connectivity index (χ0n) is 19.7. The number of thioether (sulfide) groups is 1. The first kappa shape index (κ1) is 25.5. The molecule has 2 aromatic carbocycles. The molecule has 0 spiro atoms. The second kappa shape index (κ2) is 11.4. The van der Waals surface area contributed by atoms with Crippen molar-refractivity contribution in [2.45, 2.75) is 48.7 Å². The Morgan fingerprint density at radius 2 is 1.80 bits per heavy atom. The molecular weight excluding hydrogens is 491 g/mol. The van der Waals surface area contributed by atoms with Gasteiger partial charge < -0.3 is 9.47 Å². The molecule has 4 rings (SSSR count). The van der Waals surface area contributed by atoms with Crippen LogP contribution >= 0.6 is 11.8 Å². The van der Waals surface area contributed by atoms with E-state index in [4.69, 9.17) is 9.47 Å². The number of methoxy groups -OCH3 is 2. The van der Waals surface area contributed by atoms with Gasteiger partial charge in [0.1, 0.15) is 22.2 Å². The van der Waals surface area contributed by atoms with Gasteiger partial charge in [0.2, 0.25) is 10.0 Å². The van der Waals surface area contributed by atoms with Crippen LogP contribution in [-0.4, -0.2) is 43.2 Å². The van der Waals surface area contributed by atoms with Crippen LogP contribution < -0.4 is 14.2 Å². The summed E-state index contributed by atoms with van der Waals surface area (Å²) in [5.74, 6) is 2.16. The van der Waals surface area contributed by atoms with Crippen LogP contribution in [0.4, 0.5) is 4.39 Å². The van der Waals surface area contributed by atoms with Crippen LogP contribution in [0, 0.1) is 11.7 Å². The molecule has 0 bridgehead atoms. The normalized spacial score (nSPS) is 14.7. The summed E-state index contributed by atoms with van der Waals surface area (Å²) in [5.41, 5.74) is 0.663. The molecule has 1 fully saturated rings. The molecular formula is C24H29FN4O4S2. The number of sulfonamides is 1. The fourth-order valence-corrected chi connectivity index (χ4v) is 6.45. The Bertz CT molecular complexity index is 1240. The van der Waals surface area contributed by atoms with Crippen LogP contribution in [0.3, 0.4) is 0 Å². The highest BCUT2D eigenvalue weighted by molar-refractivity contribution is 7.99. The fourth-order valence-electron chi connectivity index (χ4n) is 4.14. The summed E-state index contributed by atoms with van der Waals surface area (Å²) in [6.45, 7) is -0.114. The predicted octanol–water partition coefficient (Wildman–Crippen LogP) is 4.57. The van der Waals surface area contributed by atoms with Gasteiger partial charge in [-0.05, 0) is 55.2 Å². The maximum absolute atomic E-state index is 13.6. The molecule has 0 atom stereocenters. The Labute approximate surface area is 209 Å². The van der Waals surface area contributed by atoms with Crippen molar-refractivity contribution in [2.24, 2.45) is 5.92 Å². The van der Waals surface area contributed by atoms with Crippen LogP contribution in [0.15, 0.2) is 52.5 Å². The van der Waals surface area contributed by atoms with Gasteiger partial charge in [-0.2, -0.15) is 0 Å². The molecule has 8 nitrogen and oxygen atoms in total. The van der Waals surface area contributed by atoms with Crippen LogP contribution in [0.1, 0.15) is 37.9 Å². The number of ether oxygens (including phenoxy) is 2. The summed E-state index contributed by atoms with van der Waals surface area (Å²) in [4.78, 5) is -0.0425. The largest absolute Gasteiger partial charge is 0.497 e. The van der Waals surface area contributed by atoms with Crippen molar-refractivity contribution < 1.29 is 22.3 Å². The molecule has 0 radical (unpaired) electrons. The van der Waals surface area contributed by atoms with Gasteiger partial charge in [-0.15, -0.1) is 10.2 Å². The van der Waals surface area contributed by atoms with Gasteiger partial charge >= 0.3 is 0 Å². The minimum Gasteiger partial charge on any atom is -0.497 e. The quantitative estimate of drug-likeness (QED) is 0.391. The first-order chi connectivity index (χ1) is 16.9. The van der Waals surface area contributed by atoms with Gasteiger partial charge in [0.25, 0.3) is 0 Å². The second-order valence-corrected chi connectivity index (χ2v) is 11.1. The average Bonchev–Trinajstić information content (AvgIpc) is 3.29. The lowest BCUT2D eigenvalue weighted by atomic mass is 9.91. The number of halogens is 1. The molecule has 1 aromatic heterocycles. The summed E-state index contributed by atoms with van der Waals surface area (Å²) >= 11 is 1.60. The number of hydrogen-bond acceptors (Lipinski definition) is 7. The summed E-state index contributed by atoms with van der Waals surface area (Å²) in [6, 6.07) is 10.5. The van der Waals surface area contributed by atoms with Crippen LogP contribution in [0.2, 0.25) is 0 Å². The summed E-state index contributed by atoms with van der Waals surface area (Å²) in [5, 5.41) is 9.25. The lowest BCUT2D eigenvalue weighted by Crippen LogP contribution is -2.25. The van der Waals surface area contributed by atoms with E-state index in [1.54, 1.807) is 34.5 Å². The monoisotopic (exact) mass is 520 g/mol. The van der Waals surface area contributed by atoms with E-state index in [0.717, 1.165) is 5.75 Å². The van der Waals surface area contributed by atoms with E-state index in [1.165, 1.54) is 70.6 Å². The molecule has 0 aliphatic heterocycles. The number of rotatable bonds is 10. The van der Waals surface area contributed by atoms with Gasteiger partial charge in [0, 0.05) is 17.5 Å². The van der Waals surface area contributed by atoms with E-state index in [1.807, 2.05) is 0 Å². The summed E-state index contributed by atoms with van der Waals surface area (Å²) in [7, 11) is -1.10. The molecule has 35 heavy (non-hydrogen) atoms. The Hall–Kier alpha value is -2.63. The molecule has 1 saturated carbocycles. The molecule has 0 unspecified atom stereocenters. The Morgan fingerprint density at radius 3 is 2.49 bits per heavy atom. The van der Waals surface area contributed by atoms with Crippen molar-refractivity contribution in [1.29, 1.82) is 0 Å². The second-order valence-electron chi connectivity index (χ2n) is 8.37. The van der Waals surface area contributed by atoms with Crippen LogP contribution in [-0.2, 0) is 16.6 Å². The van der Waals surface area contributed by atoms with E-state index >= 15 is 0 Å². The van der Waals surface area contributed by atoms with E-state index in [9.17, 15) is 12.8 Å². The van der Waals surface area contributed by atoms with Crippen molar-refractivity contribution >= 4 is 21.8 Å². The minimum absolute atomic E-state index is 0.0425. The summed E-state index contributed by atoms with van der Waals surface area (Å²) < 4.78 is 54.6. The molecule has 188 valence electrons. The highest BCUT2D eigenvalue weighted by atomic mass is 32.2. The third-order valence-electron chi connectivity index (χ3n) is 6.04. The fraction of sp³-hybridized carbons (Fsp3) is 0.417. The average molecular weight is 521 g/mol. The van der Waals surface area contributed by atoms with Gasteiger partial charge in [-0.25, -0.2) is 17.5 Å². The van der Waals surface area contributed by atoms with E-state index in [-0.39, 0.29) is 23.0 Å². The number of nitrogens with one attached hydrogen (secondary N) is 1. The van der Waals surface area contributed by atoms with E-state index in [2.05, 4.69) is 14.9 Å². The van der Waals surface area contributed by atoms with Gasteiger partial charge in [0.15, 0.2) is 11.0 Å². The van der Waals surface area contributed by atoms with Gasteiger partial charge in [0.05, 0.1) is 20.8 Å². The van der Waals surface area contributed by atoms with Crippen molar-refractivity contribution in [2.75, 3.05) is 20.0 Å². The SMILES string of the molecule is COc1ccc(OC)c(S(=O)(=O)NCc2nnc(SCC3CCCCC3)n2-c2ccc(F)cc2)c1. The summed E-state index contributed by atoms with van der Waals surface area (Å²) in [6.07, 6.45) is 6.18. The van der Waals surface area contributed by atoms with Gasteiger partial charge in [-0.1, -0.05) is 31.0 Å². The molecule has 1 aliphatic rings. The van der Waals surface area contributed by atoms with Crippen LogP contribution in [0.5, 0.6) is 11.5 Å². The Morgan fingerprint density at radius 1 is 1.06 bits per heavy atom. The molecule has 1 heterocycles. The first-order valence-electron chi connectivity index (χ1n) is 11.5. The maximum Gasteiger partial charge on any atom is 0.244 e. The number of nitrogens with zero attached hydrogens (tertiary/aromatic N) is 3.